The lowest BCUT2D eigenvalue weighted by molar-refractivity contribution is -0.111. The molecule has 0 radical (unpaired) electrons. The number of anilines is 1. The zero-order valence-electron chi connectivity index (χ0n) is 17.3. The lowest BCUT2D eigenvalue weighted by Crippen LogP contribution is -2.08. The molecule has 32 heavy (non-hydrogen) atoms. The lowest BCUT2D eigenvalue weighted by Gasteiger charge is -2.15. The molecule has 0 atom stereocenters. The van der Waals surface area contributed by atoms with Crippen LogP contribution in [0.15, 0.2) is 61.2 Å². The molecule has 162 valence electrons. The maximum Gasteiger partial charge on any atom is 0.247 e. The Morgan fingerprint density at radius 1 is 1.06 bits per heavy atom. The minimum atomic E-state index is -0.296. The highest BCUT2D eigenvalue weighted by atomic mass is 35.5. The fourth-order valence-corrected chi connectivity index (χ4v) is 4.22. The Hall–Kier alpha value is -3.48. The summed E-state index contributed by atoms with van der Waals surface area (Å²) < 4.78 is 10.8. The second kappa shape index (κ2) is 8.94. The van der Waals surface area contributed by atoms with Crippen LogP contribution in [0, 0.1) is 0 Å². The average molecular weight is 468 g/mol. The average Bonchev–Trinajstić information content (AvgIpc) is 3.23. The fourth-order valence-electron chi connectivity index (χ4n) is 3.50. The zero-order chi connectivity index (χ0) is 22.8. The van der Waals surface area contributed by atoms with Crippen molar-refractivity contribution in [3.63, 3.8) is 0 Å². The van der Waals surface area contributed by atoms with Crippen LogP contribution in [0.1, 0.15) is 0 Å². The number of benzene rings is 3. The van der Waals surface area contributed by atoms with Crippen LogP contribution in [0.2, 0.25) is 10.0 Å². The van der Waals surface area contributed by atoms with E-state index in [0.717, 1.165) is 22.0 Å². The number of hydrogen-bond donors (Lipinski definition) is 2. The molecule has 0 unspecified atom stereocenters. The van der Waals surface area contributed by atoms with E-state index >= 15 is 0 Å². The molecule has 4 rings (SSSR count). The summed E-state index contributed by atoms with van der Waals surface area (Å²) in [4.78, 5) is 11.8. The van der Waals surface area contributed by atoms with Crippen LogP contribution < -0.4 is 14.8 Å². The topological polar surface area (TPSA) is 76.2 Å². The molecule has 3 aromatic carbocycles. The third-order valence-corrected chi connectivity index (χ3v) is 5.80. The number of carbonyl (C=O) groups is 1. The van der Waals surface area contributed by atoms with E-state index in [-0.39, 0.29) is 5.91 Å². The minimum absolute atomic E-state index is 0.296. The summed E-state index contributed by atoms with van der Waals surface area (Å²) in [5.74, 6) is 0.622. The first-order valence-corrected chi connectivity index (χ1v) is 10.3. The van der Waals surface area contributed by atoms with Gasteiger partial charge in [0.25, 0.3) is 0 Å². The van der Waals surface area contributed by atoms with E-state index in [0.29, 0.717) is 38.5 Å². The van der Waals surface area contributed by atoms with Gasteiger partial charge in [-0.2, -0.15) is 5.10 Å². The van der Waals surface area contributed by atoms with Crippen molar-refractivity contribution in [2.45, 2.75) is 0 Å². The molecule has 8 heteroatoms. The SMILES string of the molecule is C=CC(=O)Nc1ccccc1-c1n[nH]c2cc(-c3c(Cl)c(OC)cc(OC)c3Cl)ccc12. The molecule has 6 nitrogen and oxygen atoms in total. The summed E-state index contributed by atoms with van der Waals surface area (Å²) in [5, 5.41) is 12.0. The molecule has 0 bridgehead atoms. The van der Waals surface area contributed by atoms with Gasteiger partial charge >= 0.3 is 0 Å². The van der Waals surface area contributed by atoms with Gasteiger partial charge < -0.3 is 14.8 Å². The number of methoxy groups -OCH3 is 2. The molecular formula is C24H19Cl2N3O3. The Bertz CT molecular complexity index is 1320. The molecule has 0 aliphatic rings. The number of aromatic nitrogens is 2. The first-order valence-electron chi connectivity index (χ1n) is 9.59. The summed E-state index contributed by atoms with van der Waals surface area (Å²) >= 11 is 13.1. The van der Waals surface area contributed by atoms with Crippen LogP contribution in [0.5, 0.6) is 11.5 Å². The number of fused-ring (bicyclic) bond motifs is 1. The van der Waals surface area contributed by atoms with Crippen LogP contribution >= 0.6 is 23.2 Å². The van der Waals surface area contributed by atoms with Crippen LogP contribution in [0.3, 0.4) is 0 Å². The molecule has 2 N–H and O–H groups in total. The van der Waals surface area contributed by atoms with Crippen LogP contribution in [0.25, 0.3) is 33.3 Å². The molecule has 0 aliphatic carbocycles. The number of amides is 1. The van der Waals surface area contributed by atoms with Gasteiger partial charge in [0.05, 0.1) is 35.5 Å². The number of nitrogens with zero attached hydrogens (tertiary/aromatic N) is 1. The Labute approximate surface area is 194 Å². The second-order valence-electron chi connectivity index (χ2n) is 6.86. The van der Waals surface area contributed by atoms with Gasteiger partial charge in [-0.3, -0.25) is 9.89 Å². The van der Waals surface area contributed by atoms with E-state index in [4.69, 9.17) is 32.7 Å². The van der Waals surface area contributed by atoms with Crippen molar-refractivity contribution in [1.82, 2.24) is 10.2 Å². The van der Waals surface area contributed by atoms with Gasteiger partial charge in [-0.05, 0) is 29.8 Å². The Kier molecular flexibility index (Phi) is 6.08. The molecule has 0 fully saturated rings. The van der Waals surface area contributed by atoms with Crippen molar-refractivity contribution < 1.29 is 14.3 Å². The first-order chi connectivity index (χ1) is 15.5. The molecule has 1 aromatic heterocycles. The third kappa shape index (κ3) is 3.79. The summed E-state index contributed by atoms with van der Waals surface area (Å²) in [5.41, 5.74) is 4.26. The monoisotopic (exact) mass is 467 g/mol. The highest BCUT2D eigenvalue weighted by Crippen LogP contribution is 2.46. The normalized spacial score (nSPS) is 10.8. The van der Waals surface area contributed by atoms with Gasteiger partial charge in [-0.1, -0.05) is 54.0 Å². The van der Waals surface area contributed by atoms with E-state index < -0.39 is 0 Å². The molecule has 0 aliphatic heterocycles. The van der Waals surface area contributed by atoms with Crippen molar-refractivity contribution in [2.24, 2.45) is 0 Å². The van der Waals surface area contributed by atoms with E-state index in [2.05, 4.69) is 22.1 Å². The first kappa shape index (κ1) is 21.7. The smallest absolute Gasteiger partial charge is 0.247 e. The Balaban J connectivity index is 1.85. The largest absolute Gasteiger partial charge is 0.495 e. The van der Waals surface area contributed by atoms with Gasteiger partial charge in [0.15, 0.2) is 0 Å². The maximum atomic E-state index is 11.8. The Morgan fingerprint density at radius 3 is 2.41 bits per heavy atom. The number of hydrogen-bond acceptors (Lipinski definition) is 4. The summed E-state index contributed by atoms with van der Waals surface area (Å²) in [6, 6.07) is 14.8. The molecule has 1 amide bonds. The number of aromatic amines is 1. The highest BCUT2D eigenvalue weighted by Gasteiger charge is 2.20. The molecule has 0 saturated carbocycles. The number of carbonyl (C=O) groups excluding carboxylic acids is 1. The van der Waals surface area contributed by atoms with Crippen molar-refractivity contribution >= 4 is 45.7 Å². The minimum Gasteiger partial charge on any atom is -0.495 e. The highest BCUT2D eigenvalue weighted by molar-refractivity contribution is 6.41. The van der Waals surface area contributed by atoms with Crippen LogP contribution in [-0.2, 0) is 4.79 Å². The number of para-hydroxylation sites is 1. The summed E-state index contributed by atoms with van der Waals surface area (Å²) in [7, 11) is 3.07. The van der Waals surface area contributed by atoms with Crippen LogP contribution in [0.4, 0.5) is 5.69 Å². The number of rotatable bonds is 6. The number of ether oxygens (including phenoxy) is 2. The predicted molar refractivity (Wildman–Crippen MR) is 129 cm³/mol. The van der Waals surface area contributed by atoms with Gasteiger partial charge in [0.2, 0.25) is 5.91 Å². The summed E-state index contributed by atoms with van der Waals surface area (Å²) in [6.45, 7) is 3.50. The van der Waals surface area contributed by atoms with E-state index in [9.17, 15) is 4.79 Å². The Morgan fingerprint density at radius 2 is 1.75 bits per heavy atom. The van der Waals surface area contributed by atoms with Crippen molar-refractivity contribution in [3.05, 3.63) is 71.2 Å². The fraction of sp³-hybridized carbons (Fsp3) is 0.0833. The number of H-pyrrole nitrogens is 1. The second-order valence-corrected chi connectivity index (χ2v) is 7.61. The molecule has 4 aromatic rings. The quantitative estimate of drug-likeness (QED) is 0.324. The van der Waals surface area contributed by atoms with E-state index in [1.807, 2.05) is 42.5 Å². The van der Waals surface area contributed by atoms with E-state index in [1.165, 1.54) is 20.3 Å². The van der Waals surface area contributed by atoms with Crippen molar-refractivity contribution in [1.29, 1.82) is 0 Å². The summed E-state index contributed by atoms with van der Waals surface area (Å²) in [6.07, 6.45) is 1.22. The van der Waals surface area contributed by atoms with Gasteiger partial charge in [-0.25, -0.2) is 0 Å². The van der Waals surface area contributed by atoms with Crippen LogP contribution in [-0.4, -0.2) is 30.3 Å². The molecule has 0 spiro atoms. The van der Waals surface area contributed by atoms with Gasteiger partial charge in [0, 0.05) is 22.6 Å². The predicted octanol–water partition coefficient (Wildman–Crippen LogP) is 6.35. The lowest BCUT2D eigenvalue weighted by atomic mass is 10.0. The van der Waals surface area contributed by atoms with Gasteiger partial charge in [0.1, 0.15) is 17.2 Å². The maximum absolute atomic E-state index is 11.8. The molecule has 1 heterocycles. The van der Waals surface area contributed by atoms with Gasteiger partial charge in [-0.15, -0.1) is 0 Å². The molecular weight excluding hydrogens is 449 g/mol. The standard InChI is InChI=1S/C24H19Cl2N3O3/c1-4-20(30)27-16-8-6-5-7-14(16)24-15-10-9-13(11-17(15)28-29-24)21-22(25)18(31-2)12-19(32-3)23(21)26/h4-12H,1H2,2-3H3,(H,27,30)(H,28,29). The van der Waals surface area contributed by atoms with E-state index in [1.54, 1.807) is 6.07 Å². The third-order valence-electron chi connectivity index (χ3n) is 5.05. The number of nitrogens with one attached hydrogen (secondary N) is 2. The van der Waals surface area contributed by atoms with Crippen molar-refractivity contribution in [2.75, 3.05) is 19.5 Å². The number of halogens is 2. The zero-order valence-corrected chi connectivity index (χ0v) is 18.8. The molecule has 0 saturated heterocycles. The van der Waals surface area contributed by atoms with Crippen molar-refractivity contribution in [3.8, 4) is 33.9 Å².